The van der Waals surface area contributed by atoms with Crippen molar-refractivity contribution in [2.24, 2.45) is 0 Å². The standard InChI is InChI=1S/C19H23NO4S/c1-5-23-19(22)15-11-16(12(2)3)25-18(15)20-17(21)13(4)24-14-9-7-6-8-10-14/h6-13H,5H2,1-4H3,(H,20,21). The summed E-state index contributed by atoms with van der Waals surface area (Å²) in [5.41, 5.74) is 0.385. The summed E-state index contributed by atoms with van der Waals surface area (Å²) in [6, 6.07) is 10.9. The van der Waals surface area contributed by atoms with E-state index in [1.165, 1.54) is 11.3 Å². The van der Waals surface area contributed by atoms with Crippen LogP contribution in [0.4, 0.5) is 5.00 Å². The van der Waals surface area contributed by atoms with Crippen LogP contribution in [0.3, 0.4) is 0 Å². The third kappa shape index (κ3) is 5.06. The Balaban J connectivity index is 2.14. The van der Waals surface area contributed by atoms with Crippen molar-refractivity contribution >= 4 is 28.2 Å². The van der Waals surface area contributed by atoms with Crippen molar-refractivity contribution in [2.45, 2.75) is 39.7 Å². The van der Waals surface area contributed by atoms with Crippen LogP contribution in [0.2, 0.25) is 0 Å². The lowest BCUT2D eigenvalue weighted by molar-refractivity contribution is -0.122. The first-order chi connectivity index (χ1) is 11.9. The second kappa shape index (κ2) is 8.67. The van der Waals surface area contributed by atoms with Crippen molar-refractivity contribution in [1.29, 1.82) is 0 Å². The lowest BCUT2D eigenvalue weighted by Crippen LogP contribution is -2.30. The van der Waals surface area contributed by atoms with Crippen molar-refractivity contribution in [3.63, 3.8) is 0 Å². The Kier molecular flexibility index (Phi) is 6.58. The molecule has 1 atom stereocenters. The van der Waals surface area contributed by atoms with E-state index >= 15 is 0 Å². The second-order valence-corrected chi connectivity index (χ2v) is 6.91. The van der Waals surface area contributed by atoms with E-state index in [0.717, 1.165) is 4.88 Å². The van der Waals surface area contributed by atoms with Gasteiger partial charge in [0.15, 0.2) is 6.10 Å². The molecule has 0 fully saturated rings. The van der Waals surface area contributed by atoms with Crippen molar-refractivity contribution < 1.29 is 19.1 Å². The minimum atomic E-state index is -0.693. The number of anilines is 1. The first-order valence-electron chi connectivity index (χ1n) is 8.25. The normalized spacial score (nSPS) is 11.9. The van der Waals surface area contributed by atoms with Gasteiger partial charge in [0.25, 0.3) is 5.91 Å². The summed E-state index contributed by atoms with van der Waals surface area (Å²) >= 11 is 1.39. The fraction of sp³-hybridized carbons (Fsp3) is 0.368. The van der Waals surface area contributed by atoms with Gasteiger partial charge in [0.2, 0.25) is 0 Å². The van der Waals surface area contributed by atoms with Gasteiger partial charge < -0.3 is 14.8 Å². The monoisotopic (exact) mass is 361 g/mol. The van der Waals surface area contributed by atoms with Crippen molar-refractivity contribution in [1.82, 2.24) is 0 Å². The number of hydrogen-bond donors (Lipinski definition) is 1. The van der Waals surface area contributed by atoms with Crippen LogP contribution < -0.4 is 10.1 Å². The molecular weight excluding hydrogens is 338 g/mol. The molecular formula is C19H23NO4S. The zero-order chi connectivity index (χ0) is 18.4. The fourth-order valence-corrected chi connectivity index (χ4v) is 3.17. The van der Waals surface area contributed by atoms with Gasteiger partial charge in [-0.25, -0.2) is 4.79 Å². The first kappa shape index (κ1) is 19.0. The quantitative estimate of drug-likeness (QED) is 0.740. The highest BCUT2D eigenvalue weighted by atomic mass is 32.1. The summed E-state index contributed by atoms with van der Waals surface area (Å²) in [7, 11) is 0. The topological polar surface area (TPSA) is 64.6 Å². The van der Waals surface area contributed by atoms with Gasteiger partial charge in [0.1, 0.15) is 10.8 Å². The molecule has 0 aliphatic carbocycles. The first-order valence-corrected chi connectivity index (χ1v) is 9.07. The fourth-order valence-electron chi connectivity index (χ4n) is 2.12. The summed E-state index contributed by atoms with van der Waals surface area (Å²) in [5, 5.41) is 3.29. The number of ether oxygens (including phenoxy) is 2. The maximum absolute atomic E-state index is 12.4. The Bertz CT molecular complexity index is 724. The average molecular weight is 361 g/mol. The molecule has 2 aromatic rings. The van der Waals surface area contributed by atoms with Crippen molar-refractivity contribution in [2.75, 3.05) is 11.9 Å². The highest BCUT2D eigenvalue weighted by molar-refractivity contribution is 7.16. The van der Waals surface area contributed by atoms with Gasteiger partial charge in [-0.1, -0.05) is 32.0 Å². The SMILES string of the molecule is CCOC(=O)c1cc(C(C)C)sc1NC(=O)C(C)Oc1ccccc1. The molecule has 1 amide bonds. The van der Waals surface area contributed by atoms with E-state index in [0.29, 0.717) is 16.3 Å². The molecule has 0 saturated carbocycles. The van der Waals surface area contributed by atoms with Gasteiger partial charge in [-0.2, -0.15) is 0 Å². The van der Waals surface area contributed by atoms with Gasteiger partial charge in [-0.3, -0.25) is 4.79 Å². The molecule has 134 valence electrons. The van der Waals surface area contributed by atoms with Crippen LogP contribution in [0.1, 0.15) is 48.8 Å². The summed E-state index contributed by atoms with van der Waals surface area (Å²) < 4.78 is 10.7. The minimum Gasteiger partial charge on any atom is -0.481 e. The summed E-state index contributed by atoms with van der Waals surface area (Å²) in [4.78, 5) is 25.6. The van der Waals surface area contributed by atoms with E-state index in [-0.39, 0.29) is 18.4 Å². The van der Waals surface area contributed by atoms with Gasteiger partial charge in [0, 0.05) is 4.88 Å². The molecule has 6 heteroatoms. The largest absolute Gasteiger partial charge is 0.481 e. The Labute approximate surface area is 152 Å². The predicted octanol–water partition coefficient (Wildman–Crippen LogP) is 4.45. The number of benzene rings is 1. The number of nitrogens with one attached hydrogen (secondary N) is 1. The molecule has 5 nitrogen and oxygen atoms in total. The number of carbonyl (C=O) groups excluding carboxylic acids is 2. The number of amides is 1. The predicted molar refractivity (Wildman–Crippen MR) is 99.5 cm³/mol. The van der Waals surface area contributed by atoms with Gasteiger partial charge in [-0.15, -0.1) is 11.3 Å². The molecule has 0 bridgehead atoms. The number of rotatable bonds is 7. The Morgan fingerprint density at radius 1 is 1.16 bits per heavy atom. The second-order valence-electron chi connectivity index (χ2n) is 5.83. The zero-order valence-electron chi connectivity index (χ0n) is 14.9. The van der Waals surface area contributed by atoms with E-state index in [2.05, 4.69) is 5.32 Å². The lowest BCUT2D eigenvalue weighted by atomic mass is 10.1. The molecule has 0 aliphatic heterocycles. The van der Waals surface area contributed by atoms with E-state index in [9.17, 15) is 9.59 Å². The molecule has 1 aromatic carbocycles. The van der Waals surface area contributed by atoms with Crippen molar-refractivity contribution in [3.05, 3.63) is 46.8 Å². The third-order valence-corrected chi connectivity index (χ3v) is 4.83. The molecule has 0 radical (unpaired) electrons. The van der Waals surface area contributed by atoms with E-state index < -0.39 is 12.1 Å². The summed E-state index contributed by atoms with van der Waals surface area (Å²) in [6.07, 6.45) is -0.693. The zero-order valence-corrected chi connectivity index (χ0v) is 15.7. The van der Waals surface area contributed by atoms with Crippen LogP contribution in [-0.4, -0.2) is 24.6 Å². The Morgan fingerprint density at radius 3 is 2.44 bits per heavy atom. The maximum Gasteiger partial charge on any atom is 0.341 e. The lowest BCUT2D eigenvalue weighted by Gasteiger charge is -2.14. The van der Waals surface area contributed by atoms with Gasteiger partial charge in [0.05, 0.1) is 12.2 Å². The number of thiophene rings is 1. The highest BCUT2D eigenvalue weighted by Gasteiger charge is 2.23. The van der Waals surface area contributed by atoms with Gasteiger partial charge in [-0.05, 0) is 38.0 Å². The van der Waals surface area contributed by atoms with Crippen LogP contribution in [-0.2, 0) is 9.53 Å². The molecule has 0 saturated heterocycles. The molecule has 25 heavy (non-hydrogen) atoms. The smallest absolute Gasteiger partial charge is 0.341 e. The Morgan fingerprint density at radius 2 is 1.84 bits per heavy atom. The number of carbonyl (C=O) groups is 2. The summed E-state index contributed by atoms with van der Waals surface area (Å²) in [5.74, 6) is 0.121. The molecule has 2 rings (SSSR count). The van der Waals surface area contributed by atoms with Crippen LogP contribution in [0.15, 0.2) is 36.4 Å². The molecule has 0 spiro atoms. The maximum atomic E-state index is 12.4. The third-order valence-electron chi connectivity index (χ3n) is 3.48. The number of para-hydroxylation sites is 1. The van der Waals surface area contributed by atoms with E-state index in [4.69, 9.17) is 9.47 Å². The average Bonchev–Trinajstić information content (AvgIpc) is 3.00. The molecule has 1 heterocycles. The van der Waals surface area contributed by atoms with Crippen LogP contribution in [0.25, 0.3) is 0 Å². The molecule has 1 aromatic heterocycles. The molecule has 1 N–H and O–H groups in total. The minimum absolute atomic E-state index is 0.252. The molecule has 1 unspecified atom stereocenters. The summed E-state index contributed by atoms with van der Waals surface area (Å²) in [6.45, 7) is 7.78. The number of esters is 1. The van der Waals surface area contributed by atoms with Crippen LogP contribution in [0.5, 0.6) is 5.75 Å². The number of hydrogen-bond acceptors (Lipinski definition) is 5. The van der Waals surface area contributed by atoms with Gasteiger partial charge >= 0.3 is 5.97 Å². The molecule has 0 aliphatic rings. The highest BCUT2D eigenvalue weighted by Crippen LogP contribution is 2.33. The van der Waals surface area contributed by atoms with E-state index in [1.54, 1.807) is 32.0 Å². The van der Waals surface area contributed by atoms with Crippen LogP contribution >= 0.6 is 11.3 Å². The van der Waals surface area contributed by atoms with Crippen molar-refractivity contribution in [3.8, 4) is 5.75 Å². The Hall–Kier alpha value is -2.34. The van der Waals surface area contributed by atoms with E-state index in [1.807, 2.05) is 32.0 Å². The van der Waals surface area contributed by atoms with Crippen LogP contribution in [0, 0.1) is 0 Å².